The highest BCUT2D eigenvalue weighted by atomic mass is 127. The second kappa shape index (κ2) is 9.25. The molecule has 32 heavy (non-hydrogen) atoms. The maximum Gasteiger partial charge on any atom is 0.269 e. The van der Waals surface area contributed by atoms with Crippen LogP contribution in [0, 0.1) is 9.39 Å². The number of methoxy groups -OCH3 is 1. The molecule has 3 N–H and O–H groups in total. The number of aliphatic hydroxyl groups is 1. The summed E-state index contributed by atoms with van der Waals surface area (Å²) < 4.78 is 47.9. The number of hydrogen-bond acceptors (Lipinski definition) is 7. The lowest BCUT2D eigenvalue weighted by Gasteiger charge is -2.23. The van der Waals surface area contributed by atoms with Gasteiger partial charge in [-0.15, -0.1) is 0 Å². The Morgan fingerprint density at radius 1 is 1.41 bits per heavy atom. The number of nitrogens with one attached hydrogen (secondary N) is 2. The number of halogens is 2. The van der Waals surface area contributed by atoms with Gasteiger partial charge >= 0.3 is 0 Å². The molecular weight excluding hydrogens is 556 g/mol. The van der Waals surface area contributed by atoms with Gasteiger partial charge in [0.05, 0.1) is 30.3 Å². The van der Waals surface area contributed by atoms with Crippen molar-refractivity contribution in [2.75, 3.05) is 23.8 Å². The fraction of sp³-hybridized carbons (Fsp3) is 0.450. The van der Waals surface area contributed by atoms with E-state index in [1.807, 2.05) is 22.6 Å². The van der Waals surface area contributed by atoms with Crippen LogP contribution >= 0.6 is 22.6 Å². The normalized spacial score (nSPS) is 22.4. The van der Waals surface area contributed by atoms with Crippen molar-refractivity contribution in [1.29, 1.82) is 0 Å². The van der Waals surface area contributed by atoms with Crippen LogP contribution in [-0.4, -0.2) is 44.9 Å². The summed E-state index contributed by atoms with van der Waals surface area (Å²) in [6.07, 6.45) is 1.47. The Balaban J connectivity index is 1.64. The molecule has 12 heteroatoms. The van der Waals surface area contributed by atoms with Gasteiger partial charge in [0.25, 0.3) is 12.0 Å². The van der Waals surface area contributed by atoms with Gasteiger partial charge in [0.1, 0.15) is 28.3 Å². The predicted molar refractivity (Wildman–Crippen MR) is 126 cm³/mol. The minimum absolute atomic E-state index is 0.161. The molecule has 2 fully saturated rings. The standard InChI is InChI=1S/C20H23FIN3O6S/c1-25-16(26)8-15(29-2)17(18(25)23-14-4-3-11(22)7-13(14)21)24-32(28)20(5-6-20)9-12-10-30-19(27)31-12/h3-4,7-8,12,19,23-24,27H,5-6,9-10H2,1-2H3/t12-,19?,32?/m0/s1. The zero-order valence-corrected chi connectivity index (χ0v) is 20.4. The molecule has 2 aromatic rings. The molecule has 0 bridgehead atoms. The van der Waals surface area contributed by atoms with Gasteiger partial charge in [0.15, 0.2) is 5.75 Å². The Morgan fingerprint density at radius 2 is 2.16 bits per heavy atom. The summed E-state index contributed by atoms with van der Waals surface area (Å²) in [6, 6.07) is 5.93. The number of nitrogens with zero attached hydrogens (tertiary/aromatic N) is 1. The van der Waals surface area contributed by atoms with E-state index < -0.39 is 28.0 Å². The molecule has 0 spiro atoms. The quantitative estimate of drug-likeness (QED) is 0.413. The lowest BCUT2D eigenvalue weighted by atomic mass is 10.2. The zero-order valence-electron chi connectivity index (χ0n) is 17.4. The molecule has 174 valence electrons. The Morgan fingerprint density at radius 3 is 2.75 bits per heavy atom. The highest BCUT2D eigenvalue weighted by Crippen LogP contribution is 2.48. The van der Waals surface area contributed by atoms with Crippen molar-refractivity contribution in [2.45, 2.75) is 36.6 Å². The molecule has 1 aromatic carbocycles. The van der Waals surface area contributed by atoms with E-state index in [4.69, 9.17) is 14.2 Å². The third kappa shape index (κ3) is 4.78. The van der Waals surface area contributed by atoms with E-state index in [0.717, 1.165) is 3.57 Å². The first-order chi connectivity index (χ1) is 15.2. The fourth-order valence-electron chi connectivity index (χ4n) is 3.56. The lowest BCUT2D eigenvalue weighted by Crippen LogP contribution is -2.30. The maximum absolute atomic E-state index is 14.5. The van der Waals surface area contributed by atoms with E-state index in [1.165, 1.54) is 30.9 Å². The summed E-state index contributed by atoms with van der Waals surface area (Å²) in [7, 11) is 1.35. The molecule has 1 saturated heterocycles. The van der Waals surface area contributed by atoms with Crippen molar-refractivity contribution in [2.24, 2.45) is 7.05 Å². The molecule has 2 unspecified atom stereocenters. The van der Waals surface area contributed by atoms with Crippen LogP contribution in [0.3, 0.4) is 0 Å². The summed E-state index contributed by atoms with van der Waals surface area (Å²) in [6.45, 7) is -1.04. The Labute approximate surface area is 200 Å². The highest BCUT2D eigenvalue weighted by Gasteiger charge is 2.52. The van der Waals surface area contributed by atoms with Crippen LogP contribution in [0.25, 0.3) is 0 Å². The van der Waals surface area contributed by atoms with Crippen LogP contribution in [-0.2, 0) is 27.5 Å². The molecule has 1 aliphatic carbocycles. The first kappa shape index (κ1) is 23.4. The number of aliphatic hydroxyl groups excluding tert-OH is 1. The van der Waals surface area contributed by atoms with Gasteiger partial charge < -0.3 is 24.6 Å². The lowest BCUT2D eigenvalue weighted by molar-refractivity contribution is -0.204. The fourth-order valence-corrected chi connectivity index (χ4v) is 5.42. The number of aromatic nitrogens is 1. The molecule has 9 nitrogen and oxygen atoms in total. The Hall–Kier alpha value is -1.74. The van der Waals surface area contributed by atoms with Crippen molar-refractivity contribution < 1.29 is 27.9 Å². The minimum atomic E-state index is -1.58. The van der Waals surface area contributed by atoms with E-state index in [0.29, 0.717) is 19.3 Å². The SMILES string of the molecule is COc1cc(=O)n(C)c(Nc2ccc(I)cc2F)c1NS(=O)C1(C[C@H]2COC(O)O2)CC1. The number of rotatable bonds is 8. The van der Waals surface area contributed by atoms with Crippen molar-refractivity contribution in [1.82, 2.24) is 4.57 Å². The van der Waals surface area contributed by atoms with Crippen molar-refractivity contribution in [3.63, 3.8) is 0 Å². The van der Waals surface area contributed by atoms with Gasteiger partial charge in [-0.1, -0.05) is 0 Å². The number of ether oxygens (including phenoxy) is 3. The van der Waals surface area contributed by atoms with E-state index in [9.17, 15) is 18.5 Å². The minimum Gasteiger partial charge on any atom is -0.494 e. The Kier molecular flexibility index (Phi) is 6.77. The predicted octanol–water partition coefficient (Wildman–Crippen LogP) is 2.57. The topological polar surface area (TPSA) is 111 Å². The third-order valence-corrected chi connectivity index (χ3v) is 7.96. The van der Waals surface area contributed by atoms with Crippen molar-refractivity contribution in [3.05, 3.63) is 44.0 Å². The van der Waals surface area contributed by atoms with Gasteiger partial charge in [-0.3, -0.25) is 14.1 Å². The van der Waals surface area contributed by atoms with Gasteiger partial charge in [0.2, 0.25) is 0 Å². The van der Waals surface area contributed by atoms with E-state index in [2.05, 4.69) is 10.0 Å². The molecule has 3 atom stereocenters. The van der Waals surface area contributed by atoms with E-state index in [-0.39, 0.29) is 41.2 Å². The van der Waals surface area contributed by atoms with Crippen LogP contribution in [0.15, 0.2) is 29.1 Å². The van der Waals surface area contributed by atoms with E-state index >= 15 is 0 Å². The van der Waals surface area contributed by atoms with Crippen molar-refractivity contribution >= 4 is 50.8 Å². The summed E-state index contributed by atoms with van der Waals surface area (Å²) in [5.41, 5.74) is 0.0631. The van der Waals surface area contributed by atoms with Crippen LogP contribution in [0.2, 0.25) is 0 Å². The average molecular weight is 579 g/mol. The summed E-state index contributed by atoms with van der Waals surface area (Å²) >= 11 is 2.01. The number of benzene rings is 1. The molecule has 0 radical (unpaired) electrons. The summed E-state index contributed by atoms with van der Waals surface area (Å²) in [5.74, 6) is -0.0918. The van der Waals surface area contributed by atoms with Gasteiger partial charge in [-0.25, -0.2) is 8.60 Å². The highest BCUT2D eigenvalue weighted by molar-refractivity contribution is 14.1. The molecular formula is C20H23FIN3O6S. The molecule has 1 aliphatic heterocycles. The summed E-state index contributed by atoms with van der Waals surface area (Å²) in [5, 5.41) is 12.3. The Bertz CT molecular complexity index is 1110. The van der Waals surface area contributed by atoms with Crippen LogP contribution in [0.1, 0.15) is 19.3 Å². The number of pyridine rings is 1. The molecule has 2 aliphatic rings. The average Bonchev–Trinajstić information content (AvgIpc) is 3.42. The largest absolute Gasteiger partial charge is 0.494 e. The van der Waals surface area contributed by atoms with Gasteiger partial charge in [0, 0.05) is 16.7 Å². The molecule has 1 saturated carbocycles. The third-order valence-electron chi connectivity index (χ3n) is 5.54. The molecule has 4 rings (SSSR count). The van der Waals surface area contributed by atoms with Crippen LogP contribution < -0.4 is 20.3 Å². The van der Waals surface area contributed by atoms with Crippen LogP contribution in [0.5, 0.6) is 5.75 Å². The van der Waals surface area contributed by atoms with Crippen LogP contribution in [0.4, 0.5) is 21.6 Å². The maximum atomic E-state index is 14.5. The summed E-state index contributed by atoms with van der Waals surface area (Å²) in [4.78, 5) is 12.4. The smallest absolute Gasteiger partial charge is 0.269 e. The molecule has 2 heterocycles. The second-order valence-corrected chi connectivity index (χ2v) is 10.6. The first-order valence-electron chi connectivity index (χ1n) is 9.86. The second-order valence-electron chi connectivity index (χ2n) is 7.74. The zero-order chi connectivity index (χ0) is 23.0. The number of hydrogen-bond donors (Lipinski definition) is 3. The van der Waals surface area contributed by atoms with Gasteiger partial charge in [-0.2, -0.15) is 0 Å². The molecule has 1 aromatic heterocycles. The molecule has 0 amide bonds. The van der Waals surface area contributed by atoms with E-state index in [1.54, 1.807) is 12.1 Å². The number of anilines is 3. The first-order valence-corrected chi connectivity index (χ1v) is 12.1. The monoisotopic (exact) mass is 579 g/mol. The van der Waals surface area contributed by atoms with Crippen molar-refractivity contribution in [3.8, 4) is 5.75 Å². The van der Waals surface area contributed by atoms with Gasteiger partial charge in [-0.05, 0) is 60.1 Å².